The highest BCUT2D eigenvalue weighted by atomic mass is 32.1. The summed E-state index contributed by atoms with van der Waals surface area (Å²) in [6.07, 6.45) is 2.65. The quantitative estimate of drug-likeness (QED) is 0.901. The van der Waals surface area contributed by atoms with Crippen LogP contribution in [0.15, 0.2) is 29.8 Å². The number of primary amides is 1. The summed E-state index contributed by atoms with van der Waals surface area (Å²) in [6, 6.07) is 6.52. The van der Waals surface area contributed by atoms with Crippen molar-refractivity contribution in [2.24, 2.45) is 5.73 Å². The van der Waals surface area contributed by atoms with Gasteiger partial charge >= 0.3 is 0 Å². The summed E-state index contributed by atoms with van der Waals surface area (Å²) in [4.78, 5) is 28.8. The standard InChI is InChI=1S/C15H15N3O2S/c16-14(19)9-1-3-10(4-2-9)15(20)18-11-5-6-12-13(7-11)21-8-17-12/h1-4,8,11H,5-7H2,(H2,16,19)(H,18,20)/t11-/m0/s1. The van der Waals surface area contributed by atoms with E-state index in [1.807, 2.05) is 5.51 Å². The highest BCUT2D eigenvalue weighted by Gasteiger charge is 2.22. The molecule has 1 aliphatic rings. The molecule has 2 amide bonds. The number of hydrogen-bond donors (Lipinski definition) is 2. The molecule has 0 radical (unpaired) electrons. The molecule has 108 valence electrons. The number of aryl methyl sites for hydroxylation is 1. The number of thiazole rings is 1. The average molecular weight is 301 g/mol. The lowest BCUT2D eigenvalue weighted by Crippen LogP contribution is -2.38. The summed E-state index contributed by atoms with van der Waals surface area (Å²) >= 11 is 1.64. The van der Waals surface area contributed by atoms with Crippen molar-refractivity contribution in [3.8, 4) is 0 Å². The zero-order valence-corrected chi connectivity index (χ0v) is 12.2. The van der Waals surface area contributed by atoms with Crippen molar-refractivity contribution in [2.45, 2.75) is 25.3 Å². The number of nitrogens with one attached hydrogen (secondary N) is 1. The molecule has 2 aromatic rings. The van der Waals surface area contributed by atoms with Gasteiger partial charge in [-0.25, -0.2) is 4.98 Å². The van der Waals surface area contributed by atoms with E-state index in [4.69, 9.17) is 5.73 Å². The van der Waals surface area contributed by atoms with Crippen LogP contribution in [-0.4, -0.2) is 22.8 Å². The Hall–Kier alpha value is -2.21. The van der Waals surface area contributed by atoms with E-state index < -0.39 is 5.91 Å². The van der Waals surface area contributed by atoms with Crippen LogP contribution in [0.3, 0.4) is 0 Å². The summed E-state index contributed by atoms with van der Waals surface area (Å²) in [6.45, 7) is 0. The van der Waals surface area contributed by atoms with Gasteiger partial charge < -0.3 is 11.1 Å². The Balaban J connectivity index is 1.65. The first-order valence-corrected chi connectivity index (χ1v) is 7.63. The summed E-state index contributed by atoms with van der Waals surface area (Å²) < 4.78 is 0. The molecular formula is C15H15N3O2S. The lowest BCUT2D eigenvalue weighted by atomic mass is 9.97. The maximum atomic E-state index is 12.2. The Bertz CT molecular complexity index is 678. The summed E-state index contributed by atoms with van der Waals surface area (Å²) in [5, 5.41) is 3.04. The molecule has 0 spiro atoms. The van der Waals surface area contributed by atoms with Crippen LogP contribution in [0.5, 0.6) is 0 Å². The van der Waals surface area contributed by atoms with Gasteiger partial charge in [0.2, 0.25) is 5.91 Å². The second kappa shape index (κ2) is 5.65. The second-order valence-electron chi connectivity index (χ2n) is 5.08. The van der Waals surface area contributed by atoms with Crippen LogP contribution >= 0.6 is 11.3 Å². The van der Waals surface area contributed by atoms with Crippen LogP contribution in [0, 0.1) is 0 Å². The number of carbonyl (C=O) groups is 2. The molecular weight excluding hydrogens is 286 g/mol. The van der Waals surface area contributed by atoms with Crippen LogP contribution in [0.25, 0.3) is 0 Å². The number of fused-ring (bicyclic) bond motifs is 1. The molecule has 21 heavy (non-hydrogen) atoms. The largest absolute Gasteiger partial charge is 0.366 e. The molecule has 3 N–H and O–H groups in total. The molecule has 0 unspecified atom stereocenters. The SMILES string of the molecule is NC(=O)c1ccc(C(=O)N[C@H]2CCc3ncsc3C2)cc1. The molecule has 3 rings (SSSR count). The van der Waals surface area contributed by atoms with Gasteiger partial charge in [0.05, 0.1) is 11.2 Å². The number of amides is 2. The van der Waals surface area contributed by atoms with Crippen molar-refractivity contribution in [3.63, 3.8) is 0 Å². The van der Waals surface area contributed by atoms with Gasteiger partial charge in [-0.1, -0.05) is 0 Å². The Morgan fingerprint density at radius 3 is 2.67 bits per heavy atom. The maximum Gasteiger partial charge on any atom is 0.251 e. The van der Waals surface area contributed by atoms with Gasteiger partial charge in [0.25, 0.3) is 5.91 Å². The summed E-state index contributed by atoms with van der Waals surface area (Å²) in [7, 11) is 0. The molecule has 1 atom stereocenters. The van der Waals surface area contributed by atoms with Crippen LogP contribution < -0.4 is 11.1 Å². The molecule has 1 aromatic heterocycles. The molecule has 0 saturated carbocycles. The first-order chi connectivity index (χ1) is 10.1. The number of rotatable bonds is 3. The minimum Gasteiger partial charge on any atom is -0.366 e. The topological polar surface area (TPSA) is 85.1 Å². The van der Waals surface area contributed by atoms with E-state index in [2.05, 4.69) is 10.3 Å². The zero-order chi connectivity index (χ0) is 14.8. The van der Waals surface area contributed by atoms with Crippen LogP contribution in [0.1, 0.15) is 37.7 Å². The molecule has 6 heteroatoms. The molecule has 0 aliphatic heterocycles. The lowest BCUT2D eigenvalue weighted by Gasteiger charge is -2.22. The molecule has 1 aromatic carbocycles. The normalized spacial score (nSPS) is 17.0. The third-order valence-electron chi connectivity index (χ3n) is 3.65. The smallest absolute Gasteiger partial charge is 0.251 e. The second-order valence-corrected chi connectivity index (χ2v) is 6.02. The number of nitrogens with two attached hydrogens (primary N) is 1. The van der Waals surface area contributed by atoms with Gasteiger partial charge in [-0.05, 0) is 37.1 Å². The van der Waals surface area contributed by atoms with Gasteiger partial charge in [-0.15, -0.1) is 11.3 Å². The van der Waals surface area contributed by atoms with Crippen molar-refractivity contribution < 1.29 is 9.59 Å². The first kappa shape index (κ1) is 13.8. The first-order valence-electron chi connectivity index (χ1n) is 6.75. The number of aromatic nitrogens is 1. The third kappa shape index (κ3) is 2.95. The Labute approximate surface area is 126 Å². The lowest BCUT2D eigenvalue weighted by molar-refractivity contribution is 0.0931. The fourth-order valence-electron chi connectivity index (χ4n) is 2.48. The molecule has 0 bridgehead atoms. The van der Waals surface area contributed by atoms with Crippen molar-refractivity contribution in [1.29, 1.82) is 0 Å². The van der Waals surface area contributed by atoms with E-state index in [-0.39, 0.29) is 11.9 Å². The minimum atomic E-state index is -0.494. The molecule has 0 fully saturated rings. The molecule has 5 nitrogen and oxygen atoms in total. The minimum absolute atomic E-state index is 0.121. The molecule has 0 saturated heterocycles. The molecule has 1 heterocycles. The van der Waals surface area contributed by atoms with Crippen molar-refractivity contribution in [2.75, 3.05) is 0 Å². The summed E-state index contributed by atoms with van der Waals surface area (Å²) in [5.74, 6) is -0.615. The summed E-state index contributed by atoms with van der Waals surface area (Å²) in [5.41, 5.74) is 9.14. The third-order valence-corrected chi connectivity index (χ3v) is 4.55. The van der Waals surface area contributed by atoms with Crippen LogP contribution in [0.2, 0.25) is 0 Å². The van der Waals surface area contributed by atoms with E-state index in [1.54, 1.807) is 35.6 Å². The van der Waals surface area contributed by atoms with E-state index in [9.17, 15) is 9.59 Å². The number of carbonyl (C=O) groups excluding carboxylic acids is 2. The number of benzene rings is 1. The van der Waals surface area contributed by atoms with Crippen molar-refractivity contribution >= 4 is 23.2 Å². The fourth-order valence-corrected chi connectivity index (χ4v) is 3.37. The van der Waals surface area contributed by atoms with E-state index in [0.29, 0.717) is 11.1 Å². The van der Waals surface area contributed by atoms with Crippen LogP contribution in [-0.2, 0) is 12.8 Å². The zero-order valence-electron chi connectivity index (χ0n) is 11.3. The van der Waals surface area contributed by atoms with E-state index in [1.165, 1.54) is 4.88 Å². The van der Waals surface area contributed by atoms with E-state index >= 15 is 0 Å². The number of nitrogens with zero attached hydrogens (tertiary/aromatic N) is 1. The van der Waals surface area contributed by atoms with Gasteiger partial charge in [-0.2, -0.15) is 0 Å². The monoisotopic (exact) mass is 301 g/mol. The maximum absolute atomic E-state index is 12.2. The van der Waals surface area contributed by atoms with Crippen LogP contribution in [0.4, 0.5) is 0 Å². The van der Waals surface area contributed by atoms with Gasteiger partial charge in [0.1, 0.15) is 0 Å². The van der Waals surface area contributed by atoms with Crippen molar-refractivity contribution in [1.82, 2.24) is 10.3 Å². The van der Waals surface area contributed by atoms with Crippen molar-refractivity contribution in [3.05, 3.63) is 51.5 Å². The van der Waals surface area contributed by atoms with Gasteiger partial charge in [-0.3, -0.25) is 9.59 Å². The predicted octanol–water partition coefficient (Wildman–Crippen LogP) is 1.53. The highest BCUT2D eigenvalue weighted by molar-refractivity contribution is 7.09. The number of hydrogen-bond acceptors (Lipinski definition) is 4. The highest BCUT2D eigenvalue weighted by Crippen LogP contribution is 2.24. The Morgan fingerprint density at radius 1 is 1.24 bits per heavy atom. The van der Waals surface area contributed by atoms with Gasteiger partial charge in [0.15, 0.2) is 0 Å². The molecule has 1 aliphatic carbocycles. The predicted molar refractivity (Wildman–Crippen MR) is 80.4 cm³/mol. The Morgan fingerprint density at radius 2 is 1.95 bits per heavy atom. The van der Waals surface area contributed by atoms with Gasteiger partial charge in [0, 0.05) is 28.5 Å². The average Bonchev–Trinajstić information content (AvgIpc) is 2.95. The Kier molecular flexibility index (Phi) is 3.70. The van der Waals surface area contributed by atoms with E-state index in [0.717, 1.165) is 25.0 Å². The fraction of sp³-hybridized carbons (Fsp3) is 0.267.